The number of anilines is 1. The molecular formula is C21H18ClFN2O2S. The molecule has 1 heterocycles. The van der Waals surface area contributed by atoms with Crippen LogP contribution < -0.4 is 10.6 Å². The van der Waals surface area contributed by atoms with Gasteiger partial charge in [0.05, 0.1) is 26.5 Å². The maximum Gasteiger partial charge on any atom is 0.262 e. The standard InChI is InChI=1S/C21H18ClFN2O2S/c1-12-10-18(25-20(26)16-9-8-15(23)11-17(16)22)28-19(12)21(27)24-13(2)14-6-4-3-5-7-14/h3-11,13H,1-2H3,(H,24,27)(H,25,26)/t13-/m1/s1. The van der Waals surface area contributed by atoms with Crippen LogP contribution >= 0.6 is 22.9 Å². The van der Waals surface area contributed by atoms with Gasteiger partial charge in [0.25, 0.3) is 11.8 Å². The molecule has 0 bridgehead atoms. The van der Waals surface area contributed by atoms with Crippen molar-refractivity contribution in [3.05, 3.63) is 87.0 Å². The molecule has 1 atom stereocenters. The average Bonchev–Trinajstić information content (AvgIpc) is 3.02. The summed E-state index contributed by atoms with van der Waals surface area (Å²) in [5.74, 6) is -1.19. The van der Waals surface area contributed by atoms with Crippen molar-refractivity contribution in [3.63, 3.8) is 0 Å². The van der Waals surface area contributed by atoms with Crippen molar-refractivity contribution < 1.29 is 14.0 Å². The van der Waals surface area contributed by atoms with Crippen LogP contribution in [0.25, 0.3) is 0 Å². The molecule has 0 aliphatic carbocycles. The van der Waals surface area contributed by atoms with E-state index in [4.69, 9.17) is 11.6 Å². The fourth-order valence-electron chi connectivity index (χ4n) is 2.71. The minimum atomic E-state index is -0.514. The van der Waals surface area contributed by atoms with E-state index in [2.05, 4.69) is 10.6 Å². The van der Waals surface area contributed by atoms with Crippen molar-refractivity contribution >= 4 is 39.8 Å². The number of thiophene rings is 1. The third-order valence-corrected chi connectivity index (χ3v) is 5.65. The monoisotopic (exact) mass is 416 g/mol. The van der Waals surface area contributed by atoms with Crippen LogP contribution in [-0.4, -0.2) is 11.8 Å². The Morgan fingerprint density at radius 2 is 1.79 bits per heavy atom. The van der Waals surface area contributed by atoms with E-state index in [0.29, 0.717) is 9.88 Å². The highest BCUT2D eigenvalue weighted by molar-refractivity contribution is 7.18. The number of rotatable bonds is 5. The molecule has 0 aliphatic heterocycles. The molecule has 0 fully saturated rings. The number of aryl methyl sites for hydroxylation is 1. The molecule has 0 spiro atoms. The molecule has 0 aliphatic rings. The van der Waals surface area contributed by atoms with Crippen LogP contribution in [0.5, 0.6) is 0 Å². The maximum absolute atomic E-state index is 13.2. The number of hydrogen-bond donors (Lipinski definition) is 2. The zero-order valence-electron chi connectivity index (χ0n) is 15.3. The van der Waals surface area contributed by atoms with Gasteiger partial charge in [0.1, 0.15) is 5.82 Å². The number of benzene rings is 2. The zero-order valence-corrected chi connectivity index (χ0v) is 16.8. The Labute approximate surface area is 171 Å². The second-order valence-corrected chi connectivity index (χ2v) is 7.77. The Bertz CT molecular complexity index is 1020. The number of carbonyl (C=O) groups is 2. The Morgan fingerprint density at radius 1 is 1.07 bits per heavy atom. The van der Waals surface area contributed by atoms with Gasteiger partial charge in [-0.2, -0.15) is 0 Å². The lowest BCUT2D eigenvalue weighted by Gasteiger charge is -2.13. The summed E-state index contributed by atoms with van der Waals surface area (Å²) in [7, 11) is 0. The van der Waals surface area contributed by atoms with Gasteiger partial charge in [0.2, 0.25) is 0 Å². The molecule has 2 aromatic carbocycles. The molecular weight excluding hydrogens is 399 g/mol. The van der Waals surface area contributed by atoms with Crippen molar-refractivity contribution in [1.29, 1.82) is 0 Å². The molecule has 3 rings (SSSR count). The van der Waals surface area contributed by atoms with Gasteiger partial charge in [0, 0.05) is 0 Å². The van der Waals surface area contributed by atoms with E-state index in [1.165, 1.54) is 23.5 Å². The fourth-order valence-corrected chi connectivity index (χ4v) is 3.93. The van der Waals surface area contributed by atoms with Crippen LogP contribution in [0.1, 0.15) is 44.1 Å². The van der Waals surface area contributed by atoms with Crippen LogP contribution in [0.4, 0.5) is 9.39 Å². The summed E-state index contributed by atoms with van der Waals surface area (Å²) in [5.41, 5.74) is 1.92. The average molecular weight is 417 g/mol. The summed E-state index contributed by atoms with van der Waals surface area (Å²) in [6.07, 6.45) is 0. The normalized spacial score (nSPS) is 11.7. The van der Waals surface area contributed by atoms with Crippen molar-refractivity contribution in [1.82, 2.24) is 5.32 Å². The summed E-state index contributed by atoms with van der Waals surface area (Å²) < 4.78 is 13.2. The molecule has 1 aromatic heterocycles. The van der Waals surface area contributed by atoms with Crippen molar-refractivity contribution in [2.75, 3.05) is 5.32 Å². The Balaban J connectivity index is 1.72. The van der Waals surface area contributed by atoms with Crippen LogP contribution in [0.15, 0.2) is 54.6 Å². The van der Waals surface area contributed by atoms with Crippen molar-refractivity contribution in [2.45, 2.75) is 19.9 Å². The molecule has 2 N–H and O–H groups in total. The first-order valence-corrected chi connectivity index (χ1v) is 9.77. The Morgan fingerprint density at radius 3 is 2.46 bits per heavy atom. The van der Waals surface area contributed by atoms with Crippen LogP contribution in [0, 0.1) is 12.7 Å². The minimum Gasteiger partial charge on any atom is -0.345 e. The van der Waals surface area contributed by atoms with Gasteiger partial charge >= 0.3 is 0 Å². The highest BCUT2D eigenvalue weighted by atomic mass is 35.5. The number of amides is 2. The van der Waals surface area contributed by atoms with Gasteiger partial charge < -0.3 is 10.6 Å². The van der Waals surface area contributed by atoms with E-state index in [0.717, 1.165) is 17.2 Å². The van der Waals surface area contributed by atoms with Gasteiger partial charge in [-0.15, -0.1) is 11.3 Å². The molecule has 0 radical (unpaired) electrons. The summed E-state index contributed by atoms with van der Waals surface area (Å²) in [6.45, 7) is 3.72. The van der Waals surface area contributed by atoms with Crippen LogP contribution in [-0.2, 0) is 0 Å². The topological polar surface area (TPSA) is 58.2 Å². The number of nitrogens with one attached hydrogen (secondary N) is 2. The lowest BCUT2D eigenvalue weighted by molar-refractivity contribution is 0.0942. The van der Waals surface area contributed by atoms with Gasteiger partial charge in [-0.1, -0.05) is 41.9 Å². The molecule has 0 saturated heterocycles. The summed E-state index contributed by atoms with van der Waals surface area (Å²) in [5, 5.41) is 6.22. The third-order valence-electron chi connectivity index (χ3n) is 4.18. The predicted octanol–water partition coefficient (Wildman–Crippen LogP) is 5.59. The second-order valence-electron chi connectivity index (χ2n) is 6.31. The molecule has 0 unspecified atom stereocenters. The summed E-state index contributed by atoms with van der Waals surface area (Å²) in [6, 6.07) is 14.8. The van der Waals surface area contributed by atoms with Crippen molar-refractivity contribution in [3.8, 4) is 0 Å². The number of hydrogen-bond acceptors (Lipinski definition) is 3. The highest BCUT2D eigenvalue weighted by Gasteiger charge is 2.18. The molecule has 28 heavy (non-hydrogen) atoms. The first-order chi connectivity index (χ1) is 13.3. The van der Waals surface area contributed by atoms with E-state index in [9.17, 15) is 14.0 Å². The van der Waals surface area contributed by atoms with E-state index >= 15 is 0 Å². The third kappa shape index (κ3) is 4.58. The highest BCUT2D eigenvalue weighted by Crippen LogP contribution is 2.28. The molecule has 3 aromatic rings. The lowest BCUT2D eigenvalue weighted by Crippen LogP contribution is -2.26. The molecule has 4 nitrogen and oxygen atoms in total. The predicted molar refractivity (Wildman–Crippen MR) is 111 cm³/mol. The Kier molecular flexibility index (Phi) is 6.11. The van der Waals surface area contributed by atoms with E-state index in [1.807, 2.05) is 37.3 Å². The van der Waals surface area contributed by atoms with Crippen molar-refractivity contribution in [2.24, 2.45) is 0 Å². The fraction of sp³-hybridized carbons (Fsp3) is 0.143. The number of halogens is 2. The maximum atomic E-state index is 13.2. The van der Waals surface area contributed by atoms with Gasteiger partial charge in [-0.25, -0.2) is 4.39 Å². The Hall–Kier alpha value is -2.70. The molecule has 7 heteroatoms. The van der Waals surface area contributed by atoms with Crippen LogP contribution in [0.3, 0.4) is 0 Å². The quantitative estimate of drug-likeness (QED) is 0.569. The first-order valence-electron chi connectivity index (χ1n) is 8.58. The van der Waals surface area contributed by atoms with E-state index in [1.54, 1.807) is 13.0 Å². The smallest absolute Gasteiger partial charge is 0.262 e. The van der Waals surface area contributed by atoms with E-state index in [-0.39, 0.29) is 22.5 Å². The largest absolute Gasteiger partial charge is 0.345 e. The molecule has 0 saturated carbocycles. The summed E-state index contributed by atoms with van der Waals surface area (Å²) in [4.78, 5) is 25.5. The molecule has 2 amide bonds. The van der Waals surface area contributed by atoms with Gasteiger partial charge in [-0.3, -0.25) is 9.59 Å². The van der Waals surface area contributed by atoms with Gasteiger partial charge in [0.15, 0.2) is 0 Å². The van der Waals surface area contributed by atoms with E-state index < -0.39 is 11.7 Å². The lowest BCUT2D eigenvalue weighted by atomic mass is 10.1. The molecule has 144 valence electrons. The number of carbonyl (C=O) groups excluding carboxylic acids is 2. The first kappa shape index (κ1) is 20.0. The van der Waals surface area contributed by atoms with Gasteiger partial charge in [-0.05, 0) is 49.2 Å². The summed E-state index contributed by atoms with van der Waals surface area (Å²) >= 11 is 7.11. The zero-order chi connectivity index (χ0) is 20.3. The van der Waals surface area contributed by atoms with Crippen LogP contribution in [0.2, 0.25) is 5.02 Å². The minimum absolute atomic E-state index is 0.0282. The second kappa shape index (κ2) is 8.54. The SMILES string of the molecule is Cc1cc(NC(=O)c2ccc(F)cc2Cl)sc1C(=O)N[C@H](C)c1ccccc1.